The van der Waals surface area contributed by atoms with E-state index in [0.717, 1.165) is 50.8 Å². The maximum Gasteiger partial charge on any atom is 0.203 e. The Morgan fingerprint density at radius 2 is 1.71 bits per heavy atom. The van der Waals surface area contributed by atoms with Crippen LogP contribution in [0.25, 0.3) is 0 Å². The number of rotatable bonds is 8. The van der Waals surface area contributed by atoms with Crippen molar-refractivity contribution in [3.63, 3.8) is 0 Å². The summed E-state index contributed by atoms with van der Waals surface area (Å²) in [5, 5.41) is 3.36. The fourth-order valence-electron chi connectivity index (χ4n) is 3.18. The molecule has 1 heterocycles. The average Bonchev–Trinajstić information content (AvgIpc) is 2.71. The fraction of sp³-hybridized carbons (Fsp3) is 0.550. The zero-order chi connectivity index (χ0) is 19.6. The SMILES string of the molecule is C=CCN=C(NCC)N1CCN(Cc2cc(OC)c(OC)c(OC)c2)CC1.I. The predicted octanol–water partition coefficient (Wildman–Crippen LogP) is 2.60. The van der Waals surface area contributed by atoms with Gasteiger partial charge in [0.1, 0.15) is 0 Å². The molecule has 0 aromatic heterocycles. The van der Waals surface area contributed by atoms with Crippen LogP contribution in [0.5, 0.6) is 17.2 Å². The molecule has 8 heteroatoms. The summed E-state index contributed by atoms with van der Waals surface area (Å²) in [6, 6.07) is 4.03. The standard InChI is InChI=1S/C20H32N4O3.HI/c1-6-8-22-20(21-7-2)24-11-9-23(10-12-24)15-16-13-17(25-3)19(27-5)18(14-16)26-4;/h6,13-14H,1,7-12,15H2,2-5H3,(H,21,22);1H. The smallest absolute Gasteiger partial charge is 0.203 e. The Morgan fingerprint density at radius 1 is 1.11 bits per heavy atom. The first-order valence-electron chi connectivity index (χ1n) is 9.32. The van der Waals surface area contributed by atoms with Crippen molar-refractivity contribution in [2.75, 3.05) is 60.6 Å². The van der Waals surface area contributed by atoms with Crippen LogP contribution in [0.4, 0.5) is 0 Å². The van der Waals surface area contributed by atoms with Crippen LogP contribution >= 0.6 is 24.0 Å². The highest BCUT2D eigenvalue weighted by molar-refractivity contribution is 14.0. The molecule has 7 nitrogen and oxygen atoms in total. The summed E-state index contributed by atoms with van der Waals surface area (Å²) in [7, 11) is 4.91. The minimum Gasteiger partial charge on any atom is -0.493 e. The van der Waals surface area contributed by atoms with E-state index in [1.807, 2.05) is 18.2 Å². The monoisotopic (exact) mass is 504 g/mol. The topological polar surface area (TPSA) is 58.6 Å². The van der Waals surface area contributed by atoms with E-state index in [1.165, 1.54) is 0 Å². The first kappa shape index (κ1) is 24.4. The summed E-state index contributed by atoms with van der Waals surface area (Å²) in [6.07, 6.45) is 1.82. The Kier molecular flexibility index (Phi) is 11.1. The van der Waals surface area contributed by atoms with Crippen molar-refractivity contribution in [2.45, 2.75) is 13.5 Å². The van der Waals surface area contributed by atoms with Gasteiger partial charge in [0.25, 0.3) is 0 Å². The van der Waals surface area contributed by atoms with Crippen molar-refractivity contribution in [2.24, 2.45) is 4.99 Å². The van der Waals surface area contributed by atoms with Gasteiger partial charge in [-0.15, -0.1) is 30.6 Å². The molecule has 0 atom stereocenters. The lowest BCUT2D eigenvalue weighted by Gasteiger charge is -2.36. The van der Waals surface area contributed by atoms with E-state index in [0.29, 0.717) is 23.8 Å². The van der Waals surface area contributed by atoms with E-state index in [2.05, 4.69) is 33.6 Å². The number of nitrogens with one attached hydrogen (secondary N) is 1. The highest BCUT2D eigenvalue weighted by atomic mass is 127. The van der Waals surface area contributed by atoms with Gasteiger partial charge in [-0.1, -0.05) is 6.08 Å². The largest absolute Gasteiger partial charge is 0.493 e. The van der Waals surface area contributed by atoms with Gasteiger partial charge in [-0.3, -0.25) is 4.90 Å². The number of nitrogens with zero attached hydrogens (tertiary/aromatic N) is 3. The number of halogens is 1. The van der Waals surface area contributed by atoms with Gasteiger partial charge in [-0.25, -0.2) is 4.99 Å². The molecule has 1 fully saturated rings. The number of piperazine rings is 1. The Labute approximate surface area is 185 Å². The number of hydrogen-bond donors (Lipinski definition) is 1. The Hall–Kier alpha value is -1.68. The Morgan fingerprint density at radius 3 is 2.18 bits per heavy atom. The van der Waals surface area contributed by atoms with Crippen LogP contribution in [0, 0.1) is 0 Å². The van der Waals surface area contributed by atoms with E-state index in [-0.39, 0.29) is 24.0 Å². The van der Waals surface area contributed by atoms with Crippen LogP contribution in [0.1, 0.15) is 12.5 Å². The third-order valence-electron chi connectivity index (χ3n) is 4.51. The van der Waals surface area contributed by atoms with E-state index >= 15 is 0 Å². The maximum atomic E-state index is 5.46. The molecule has 0 unspecified atom stereocenters. The number of benzene rings is 1. The molecule has 1 saturated heterocycles. The molecule has 1 aliphatic rings. The summed E-state index contributed by atoms with van der Waals surface area (Å²) < 4.78 is 16.3. The third-order valence-corrected chi connectivity index (χ3v) is 4.51. The normalized spacial score (nSPS) is 14.9. The summed E-state index contributed by atoms with van der Waals surface area (Å²) in [5.74, 6) is 2.97. The zero-order valence-electron chi connectivity index (χ0n) is 17.4. The zero-order valence-corrected chi connectivity index (χ0v) is 19.7. The molecule has 158 valence electrons. The first-order valence-corrected chi connectivity index (χ1v) is 9.32. The minimum atomic E-state index is 0. The first-order chi connectivity index (χ1) is 13.2. The van der Waals surface area contributed by atoms with E-state index in [4.69, 9.17) is 14.2 Å². The van der Waals surface area contributed by atoms with E-state index in [1.54, 1.807) is 21.3 Å². The predicted molar refractivity (Wildman–Crippen MR) is 125 cm³/mol. The number of methoxy groups -OCH3 is 3. The van der Waals surface area contributed by atoms with Gasteiger partial charge in [-0.05, 0) is 24.6 Å². The second-order valence-corrected chi connectivity index (χ2v) is 6.28. The second kappa shape index (κ2) is 12.7. The van der Waals surface area contributed by atoms with E-state index in [9.17, 15) is 0 Å². The van der Waals surface area contributed by atoms with Gasteiger partial charge in [0.05, 0.1) is 27.9 Å². The molecule has 0 bridgehead atoms. The van der Waals surface area contributed by atoms with Crippen molar-refractivity contribution in [1.82, 2.24) is 15.1 Å². The number of ether oxygens (including phenoxy) is 3. The lowest BCUT2D eigenvalue weighted by atomic mass is 10.1. The van der Waals surface area contributed by atoms with E-state index < -0.39 is 0 Å². The van der Waals surface area contributed by atoms with Crippen LogP contribution in [-0.2, 0) is 6.54 Å². The van der Waals surface area contributed by atoms with Crippen molar-refractivity contribution in [3.8, 4) is 17.2 Å². The van der Waals surface area contributed by atoms with Crippen LogP contribution in [-0.4, -0.2) is 76.4 Å². The van der Waals surface area contributed by atoms with Gasteiger partial charge in [0.2, 0.25) is 5.75 Å². The lowest BCUT2D eigenvalue weighted by molar-refractivity contribution is 0.172. The van der Waals surface area contributed by atoms with Crippen LogP contribution in [0.15, 0.2) is 29.8 Å². The van der Waals surface area contributed by atoms with Crippen molar-refractivity contribution in [1.29, 1.82) is 0 Å². The van der Waals surface area contributed by atoms with Crippen molar-refractivity contribution < 1.29 is 14.2 Å². The molecule has 1 aliphatic heterocycles. The number of aliphatic imine (C=N–C) groups is 1. The molecule has 0 aliphatic carbocycles. The molecular formula is C20H33IN4O3. The molecule has 2 rings (SSSR count). The second-order valence-electron chi connectivity index (χ2n) is 6.28. The summed E-state index contributed by atoms with van der Waals surface area (Å²) >= 11 is 0. The van der Waals surface area contributed by atoms with Gasteiger partial charge in [-0.2, -0.15) is 0 Å². The quantitative estimate of drug-likeness (QED) is 0.254. The Bertz CT molecular complexity index is 621. The number of hydrogen-bond acceptors (Lipinski definition) is 5. The maximum absolute atomic E-state index is 5.46. The molecule has 0 amide bonds. The molecule has 1 N–H and O–H groups in total. The van der Waals surface area contributed by atoms with Crippen LogP contribution in [0.2, 0.25) is 0 Å². The summed E-state index contributed by atoms with van der Waals surface area (Å²) in [4.78, 5) is 9.31. The minimum absolute atomic E-state index is 0. The molecule has 1 aromatic carbocycles. The van der Waals surface area contributed by atoms with Gasteiger partial charge in [0.15, 0.2) is 17.5 Å². The molecule has 0 radical (unpaired) electrons. The average molecular weight is 504 g/mol. The molecule has 1 aromatic rings. The van der Waals surface area contributed by atoms with Crippen molar-refractivity contribution in [3.05, 3.63) is 30.4 Å². The third kappa shape index (κ3) is 6.44. The number of guanidine groups is 1. The molecule has 28 heavy (non-hydrogen) atoms. The van der Waals surface area contributed by atoms with Crippen molar-refractivity contribution >= 4 is 29.9 Å². The Balaban J connectivity index is 0.00000392. The van der Waals surface area contributed by atoms with Crippen LogP contribution in [0.3, 0.4) is 0 Å². The van der Waals surface area contributed by atoms with Crippen LogP contribution < -0.4 is 19.5 Å². The van der Waals surface area contributed by atoms with Gasteiger partial charge in [0, 0.05) is 39.3 Å². The summed E-state index contributed by atoms with van der Waals surface area (Å²) in [6.45, 7) is 12.0. The lowest BCUT2D eigenvalue weighted by Crippen LogP contribution is -2.52. The highest BCUT2D eigenvalue weighted by Gasteiger charge is 2.21. The van der Waals surface area contributed by atoms with Gasteiger partial charge < -0.3 is 24.4 Å². The highest BCUT2D eigenvalue weighted by Crippen LogP contribution is 2.38. The molecular weight excluding hydrogens is 471 g/mol. The fourth-order valence-corrected chi connectivity index (χ4v) is 3.18. The molecule has 0 spiro atoms. The molecule has 0 saturated carbocycles. The summed E-state index contributed by atoms with van der Waals surface area (Å²) in [5.41, 5.74) is 1.14. The van der Waals surface area contributed by atoms with Gasteiger partial charge >= 0.3 is 0 Å².